The quantitative estimate of drug-likeness (QED) is 0.520. The minimum absolute atomic E-state index is 0.0546. The summed E-state index contributed by atoms with van der Waals surface area (Å²) in [4.78, 5) is 11.5. The average molecular weight is 306 g/mol. The van der Waals surface area contributed by atoms with E-state index in [1.807, 2.05) is 0 Å². The summed E-state index contributed by atoms with van der Waals surface area (Å²) in [6.45, 7) is -1.26. The highest BCUT2D eigenvalue weighted by molar-refractivity contribution is 5.70. The molecule has 9 heteroatoms. The van der Waals surface area contributed by atoms with Crippen LogP contribution in [0.3, 0.4) is 0 Å². The number of nitrogens with zero attached hydrogens (tertiary/aromatic N) is 1. The molecule has 0 rings (SSSR count). The first-order valence-corrected chi connectivity index (χ1v) is 6.07. The zero-order valence-electron chi connectivity index (χ0n) is 11.4. The number of likely N-dealkylation sites (N-methyl/N-ethyl adjacent to an activating group) is 1. The summed E-state index contributed by atoms with van der Waals surface area (Å²) in [5.41, 5.74) is 0. The molecule has 0 heterocycles. The Morgan fingerprint density at radius 3 is 2.25 bits per heavy atom. The van der Waals surface area contributed by atoms with E-state index in [9.17, 15) is 26.7 Å². The standard InChI is InChI=1S/C11H19F5N2O2/c1-3-20-9(19)6-10(12,13)7-18(5-4-17-2)8-11(14,15)16/h17H,3-8H2,1-2H3. The SMILES string of the molecule is CCOC(=O)CC(F)(F)CN(CCNC)CC(F)(F)F. The van der Waals surface area contributed by atoms with E-state index in [0.29, 0.717) is 4.90 Å². The van der Waals surface area contributed by atoms with Gasteiger partial charge in [-0.15, -0.1) is 0 Å². The van der Waals surface area contributed by atoms with Gasteiger partial charge >= 0.3 is 12.1 Å². The van der Waals surface area contributed by atoms with Gasteiger partial charge in [-0.05, 0) is 14.0 Å². The molecule has 1 N–H and O–H groups in total. The van der Waals surface area contributed by atoms with Gasteiger partial charge in [0.2, 0.25) is 0 Å². The number of nitrogens with one attached hydrogen (secondary N) is 1. The second-order valence-corrected chi connectivity index (χ2v) is 4.27. The monoisotopic (exact) mass is 306 g/mol. The maximum atomic E-state index is 13.5. The molecular formula is C11H19F5N2O2. The van der Waals surface area contributed by atoms with Crippen molar-refractivity contribution in [1.82, 2.24) is 10.2 Å². The fourth-order valence-corrected chi connectivity index (χ4v) is 1.54. The van der Waals surface area contributed by atoms with Gasteiger partial charge in [0.15, 0.2) is 0 Å². The molecule has 0 radical (unpaired) electrons. The van der Waals surface area contributed by atoms with Crippen LogP contribution >= 0.6 is 0 Å². The van der Waals surface area contributed by atoms with E-state index >= 15 is 0 Å². The highest BCUT2D eigenvalue weighted by Crippen LogP contribution is 2.23. The van der Waals surface area contributed by atoms with E-state index < -0.39 is 37.6 Å². The van der Waals surface area contributed by atoms with Crippen LogP contribution in [0.1, 0.15) is 13.3 Å². The Balaban J connectivity index is 4.55. The van der Waals surface area contributed by atoms with Crippen molar-refractivity contribution in [2.45, 2.75) is 25.4 Å². The minimum Gasteiger partial charge on any atom is -0.466 e. The van der Waals surface area contributed by atoms with Gasteiger partial charge in [-0.2, -0.15) is 13.2 Å². The molecule has 4 nitrogen and oxygen atoms in total. The Kier molecular flexibility index (Phi) is 7.95. The molecule has 0 saturated carbocycles. The van der Waals surface area contributed by atoms with Gasteiger partial charge in [0.1, 0.15) is 6.42 Å². The van der Waals surface area contributed by atoms with Crippen molar-refractivity contribution in [3.05, 3.63) is 0 Å². The average Bonchev–Trinajstić information content (AvgIpc) is 2.22. The molecule has 0 spiro atoms. The van der Waals surface area contributed by atoms with Crippen LogP contribution in [-0.2, 0) is 9.53 Å². The first-order valence-electron chi connectivity index (χ1n) is 6.07. The summed E-state index contributed by atoms with van der Waals surface area (Å²) in [5, 5.41) is 2.59. The fourth-order valence-electron chi connectivity index (χ4n) is 1.54. The lowest BCUT2D eigenvalue weighted by Gasteiger charge is -2.27. The van der Waals surface area contributed by atoms with Gasteiger partial charge in [0, 0.05) is 13.1 Å². The van der Waals surface area contributed by atoms with E-state index in [0.717, 1.165) is 0 Å². The van der Waals surface area contributed by atoms with Crippen LogP contribution in [0.4, 0.5) is 22.0 Å². The lowest BCUT2D eigenvalue weighted by atomic mass is 10.2. The van der Waals surface area contributed by atoms with Crippen LogP contribution in [-0.4, -0.2) is 62.8 Å². The van der Waals surface area contributed by atoms with E-state index in [-0.39, 0.29) is 19.7 Å². The predicted octanol–water partition coefficient (Wildman–Crippen LogP) is 1.66. The van der Waals surface area contributed by atoms with E-state index in [4.69, 9.17) is 0 Å². The van der Waals surface area contributed by atoms with Crippen molar-refractivity contribution in [2.24, 2.45) is 0 Å². The third-order valence-corrected chi connectivity index (χ3v) is 2.24. The van der Waals surface area contributed by atoms with Gasteiger partial charge < -0.3 is 10.1 Å². The summed E-state index contributed by atoms with van der Waals surface area (Å²) < 4.78 is 68.3. The molecule has 0 aromatic rings. The van der Waals surface area contributed by atoms with Crippen LogP contribution in [0, 0.1) is 0 Å². The number of ether oxygens (including phenoxy) is 1. The molecule has 120 valence electrons. The molecule has 0 saturated heterocycles. The first kappa shape index (κ1) is 19.0. The number of hydrogen-bond acceptors (Lipinski definition) is 4. The summed E-state index contributed by atoms with van der Waals surface area (Å²) in [6.07, 6.45) is -5.80. The van der Waals surface area contributed by atoms with Crippen molar-refractivity contribution < 1.29 is 31.5 Å². The summed E-state index contributed by atoms with van der Waals surface area (Å²) in [5.74, 6) is -4.69. The van der Waals surface area contributed by atoms with Crippen molar-refractivity contribution in [2.75, 3.05) is 39.8 Å². The lowest BCUT2D eigenvalue weighted by molar-refractivity contribution is -0.162. The molecule has 0 bridgehead atoms. The molecule has 0 aromatic heterocycles. The Hall–Kier alpha value is -0.960. The molecular weight excluding hydrogens is 287 g/mol. The third kappa shape index (κ3) is 9.90. The van der Waals surface area contributed by atoms with E-state index in [2.05, 4.69) is 10.1 Å². The summed E-state index contributed by atoms with van der Waals surface area (Å²) in [7, 11) is 1.50. The largest absolute Gasteiger partial charge is 0.466 e. The normalized spacial score (nSPS) is 12.8. The van der Waals surface area contributed by atoms with Gasteiger partial charge in [-0.3, -0.25) is 9.69 Å². The Morgan fingerprint density at radius 1 is 1.20 bits per heavy atom. The topological polar surface area (TPSA) is 41.6 Å². The van der Waals surface area contributed by atoms with Crippen LogP contribution in [0.2, 0.25) is 0 Å². The van der Waals surface area contributed by atoms with Gasteiger partial charge in [0.25, 0.3) is 5.92 Å². The van der Waals surface area contributed by atoms with Gasteiger partial charge in [-0.25, -0.2) is 8.78 Å². The fraction of sp³-hybridized carbons (Fsp3) is 0.909. The molecule has 0 aliphatic rings. The Bertz CT molecular complexity index is 297. The predicted molar refractivity (Wildman–Crippen MR) is 62.6 cm³/mol. The van der Waals surface area contributed by atoms with Crippen LogP contribution in [0.5, 0.6) is 0 Å². The van der Waals surface area contributed by atoms with E-state index in [1.165, 1.54) is 14.0 Å². The van der Waals surface area contributed by atoms with Crippen molar-refractivity contribution >= 4 is 5.97 Å². The number of esters is 1. The number of alkyl halides is 5. The first-order chi connectivity index (χ1) is 9.09. The van der Waals surface area contributed by atoms with Crippen molar-refractivity contribution in [3.63, 3.8) is 0 Å². The third-order valence-electron chi connectivity index (χ3n) is 2.24. The zero-order valence-corrected chi connectivity index (χ0v) is 11.4. The second kappa shape index (κ2) is 8.35. The Labute approximate surface area is 114 Å². The van der Waals surface area contributed by atoms with Gasteiger partial charge in [0.05, 0.1) is 19.7 Å². The molecule has 0 amide bonds. The maximum absolute atomic E-state index is 13.5. The maximum Gasteiger partial charge on any atom is 0.401 e. The highest BCUT2D eigenvalue weighted by Gasteiger charge is 2.39. The molecule has 0 unspecified atom stereocenters. The second-order valence-electron chi connectivity index (χ2n) is 4.27. The Morgan fingerprint density at radius 2 is 1.80 bits per heavy atom. The number of hydrogen-bond donors (Lipinski definition) is 1. The number of halogens is 5. The molecule has 20 heavy (non-hydrogen) atoms. The van der Waals surface area contributed by atoms with Crippen molar-refractivity contribution in [3.8, 4) is 0 Å². The number of rotatable bonds is 9. The van der Waals surface area contributed by atoms with Crippen LogP contribution in [0.15, 0.2) is 0 Å². The lowest BCUT2D eigenvalue weighted by Crippen LogP contribution is -2.45. The molecule has 0 aliphatic heterocycles. The summed E-state index contributed by atoms with van der Waals surface area (Å²) in [6, 6.07) is 0. The van der Waals surface area contributed by atoms with Crippen LogP contribution in [0.25, 0.3) is 0 Å². The number of carbonyl (C=O) groups excluding carboxylic acids is 1. The summed E-state index contributed by atoms with van der Waals surface area (Å²) >= 11 is 0. The minimum atomic E-state index is -4.58. The zero-order chi connectivity index (χ0) is 15.8. The highest BCUT2D eigenvalue weighted by atomic mass is 19.4. The smallest absolute Gasteiger partial charge is 0.401 e. The van der Waals surface area contributed by atoms with Gasteiger partial charge in [-0.1, -0.05) is 0 Å². The number of carbonyl (C=O) groups is 1. The molecule has 0 atom stereocenters. The van der Waals surface area contributed by atoms with E-state index in [1.54, 1.807) is 0 Å². The van der Waals surface area contributed by atoms with Crippen molar-refractivity contribution in [1.29, 1.82) is 0 Å². The molecule has 0 aromatic carbocycles. The van der Waals surface area contributed by atoms with Crippen LogP contribution < -0.4 is 5.32 Å². The molecule has 0 fully saturated rings. The molecule has 0 aliphatic carbocycles.